The van der Waals surface area contributed by atoms with Gasteiger partial charge in [0.1, 0.15) is 5.82 Å². The highest BCUT2D eigenvalue weighted by molar-refractivity contribution is 5.94. The molecule has 0 radical (unpaired) electrons. The Hall–Kier alpha value is -4.07. The number of morpholine rings is 1. The molecule has 14 heteroatoms. The normalized spacial score (nSPS) is 14.0. The van der Waals surface area contributed by atoms with Crippen LogP contribution < -0.4 is 15.4 Å². The first-order chi connectivity index (χ1) is 17.0. The van der Waals surface area contributed by atoms with Gasteiger partial charge >= 0.3 is 12.2 Å². The average Bonchev–Trinajstić information content (AvgIpc) is 2.84. The zero-order valence-electron chi connectivity index (χ0n) is 19.2. The molecule has 0 spiro atoms. The maximum absolute atomic E-state index is 14.7. The number of halogens is 4. The van der Waals surface area contributed by atoms with Crippen LogP contribution in [0.3, 0.4) is 0 Å². The number of nitrogens with two attached hydrogens (primary N) is 1. The van der Waals surface area contributed by atoms with Crippen molar-refractivity contribution in [3.05, 3.63) is 47.4 Å². The number of aromatic nitrogens is 4. The van der Waals surface area contributed by atoms with E-state index in [1.54, 1.807) is 4.90 Å². The number of carbonyl (C=O) groups is 1. The number of benzene rings is 1. The SMILES string of the molecule is CN(C)C(=O)c1ccc(Oc2nc(-c3cnc(N)cc3C(F)(F)F)nc(N3CCOCC3)n2)c(F)c1. The van der Waals surface area contributed by atoms with Gasteiger partial charge in [-0.1, -0.05) is 0 Å². The quantitative estimate of drug-likeness (QED) is 0.520. The Morgan fingerprint density at radius 3 is 2.50 bits per heavy atom. The highest BCUT2D eigenvalue weighted by atomic mass is 19.4. The summed E-state index contributed by atoms with van der Waals surface area (Å²) < 4.78 is 66.8. The van der Waals surface area contributed by atoms with Crippen LogP contribution in [0.25, 0.3) is 11.4 Å². The van der Waals surface area contributed by atoms with Crippen LogP contribution >= 0.6 is 0 Å². The van der Waals surface area contributed by atoms with Crippen molar-refractivity contribution in [1.82, 2.24) is 24.8 Å². The molecule has 0 unspecified atom stereocenters. The summed E-state index contributed by atoms with van der Waals surface area (Å²) in [5.74, 6) is -2.35. The molecule has 3 heterocycles. The molecule has 1 amide bonds. The lowest BCUT2D eigenvalue weighted by atomic mass is 10.1. The fourth-order valence-corrected chi connectivity index (χ4v) is 3.37. The first-order valence-electron chi connectivity index (χ1n) is 10.6. The monoisotopic (exact) mass is 507 g/mol. The number of hydrogen-bond donors (Lipinski definition) is 1. The summed E-state index contributed by atoms with van der Waals surface area (Å²) in [7, 11) is 3.04. The molecular weight excluding hydrogens is 486 g/mol. The summed E-state index contributed by atoms with van der Waals surface area (Å²) in [4.78, 5) is 31.2. The fourth-order valence-electron chi connectivity index (χ4n) is 3.37. The standard InChI is InChI=1S/C22H21F4N7O3/c1-32(2)19(34)12-3-4-16(15(23)9-12)36-21-30-18(29-20(31-21)33-5-7-35-8-6-33)13-11-28-17(27)10-14(13)22(24,25)26/h3-4,9-11H,5-8H2,1-2H3,(H2,27,28). The minimum atomic E-state index is -4.78. The van der Waals surface area contributed by atoms with Gasteiger partial charge in [0.15, 0.2) is 17.4 Å². The number of alkyl halides is 3. The van der Waals surface area contributed by atoms with E-state index >= 15 is 0 Å². The molecule has 1 saturated heterocycles. The van der Waals surface area contributed by atoms with E-state index in [-0.39, 0.29) is 28.9 Å². The average molecular weight is 507 g/mol. The molecular formula is C22H21F4N7O3. The molecule has 4 rings (SSSR count). The predicted octanol–water partition coefficient (Wildman–Crippen LogP) is 3.00. The van der Waals surface area contributed by atoms with Gasteiger partial charge in [-0.05, 0) is 24.3 Å². The van der Waals surface area contributed by atoms with Gasteiger partial charge in [-0.15, -0.1) is 0 Å². The van der Waals surface area contributed by atoms with Crippen LogP contribution in [0.4, 0.5) is 29.3 Å². The molecule has 0 saturated carbocycles. The summed E-state index contributed by atoms with van der Waals surface area (Å²) >= 11 is 0. The highest BCUT2D eigenvalue weighted by Gasteiger charge is 2.35. The lowest BCUT2D eigenvalue weighted by molar-refractivity contribution is -0.137. The van der Waals surface area contributed by atoms with E-state index in [9.17, 15) is 22.4 Å². The molecule has 1 fully saturated rings. The van der Waals surface area contributed by atoms with E-state index in [2.05, 4.69) is 19.9 Å². The molecule has 10 nitrogen and oxygen atoms in total. The molecule has 0 atom stereocenters. The summed E-state index contributed by atoms with van der Waals surface area (Å²) in [5.41, 5.74) is 4.00. The zero-order valence-corrected chi connectivity index (χ0v) is 19.2. The van der Waals surface area contributed by atoms with Crippen LogP contribution in [-0.2, 0) is 10.9 Å². The molecule has 0 aliphatic carbocycles. The number of nitrogens with zero attached hydrogens (tertiary/aromatic N) is 6. The van der Waals surface area contributed by atoms with E-state index in [0.717, 1.165) is 12.3 Å². The van der Waals surface area contributed by atoms with Crippen LogP contribution in [-0.4, -0.2) is 71.1 Å². The first kappa shape index (κ1) is 25.0. The summed E-state index contributed by atoms with van der Waals surface area (Å²) in [6.07, 6.45) is -3.87. The van der Waals surface area contributed by atoms with E-state index < -0.39 is 35.0 Å². The lowest BCUT2D eigenvalue weighted by Gasteiger charge is -2.27. The van der Waals surface area contributed by atoms with E-state index in [1.165, 1.54) is 31.1 Å². The van der Waals surface area contributed by atoms with Crippen molar-refractivity contribution in [3.8, 4) is 23.1 Å². The summed E-state index contributed by atoms with van der Waals surface area (Å²) in [6.45, 7) is 1.43. The number of ether oxygens (including phenoxy) is 2. The van der Waals surface area contributed by atoms with Crippen molar-refractivity contribution >= 4 is 17.7 Å². The number of anilines is 2. The maximum Gasteiger partial charge on any atom is 0.417 e. The van der Waals surface area contributed by atoms with E-state index in [1.807, 2.05) is 0 Å². The third kappa shape index (κ3) is 5.43. The molecule has 190 valence electrons. The van der Waals surface area contributed by atoms with Crippen LogP contribution in [0.1, 0.15) is 15.9 Å². The number of amides is 1. The van der Waals surface area contributed by atoms with Crippen LogP contribution in [0.15, 0.2) is 30.5 Å². The Morgan fingerprint density at radius 1 is 1.14 bits per heavy atom. The number of pyridine rings is 1. The van der Waals surface area contributed by atoms with Crippen molar-refractivity contribution in [2.45, 2.75) is 6.18 Å². The molecule has 36 heavy (non-hydrogen) atoms. The van der Waals surface area contributed by atoms with Gasteiger partial charge in [-0.3, -0.25) is 4.79 Å². The zero-order chi connectivity index (χ0) is 26.0. The van der Waals surface area contributed by atoms with Gasteiger partial charge in [-0.25, -0.2) is 9.37 Å². The fraction of sp³-hybridized carbons (Fsp3) is 0.318. The van der Waals surface area contributed by atoms with E-state index in [4.69, 9.17) is 15.2 Å². The van der Waals surface area contributed by atoms with Gasteiger partial charge < -0.3 is 25.0 Å². The van der Waals surface area contributed by atoms with Crippen LogP contribution in [0.5, 0.6) is 11.8 Å². The number of nitrogen functional groups attached to an aromatic ring is 1. The number of hydrogen-bond acceptors (Lipinski definition) is 9. The van der Waals surface area contributed by atoms with Crippen LogP contribution in [0.2, 0.25) is 0 Å². The van der Waals surface area contributed by atoms with Crippen molar-refractivity contribution < 1.29 is 31.8 Å². The second-order valence-electron chi connectivity index (χ2n) is 7.94. The largest absolute Gasteiger partial charge is 0.421 e. The second kappa shape index (κ2) is 9.89. The minimum Gasteiger partial charge on any atom is -0.421 e. The third-order valence-electron chi connectivity index (χ3n) is 5.15. The van der Waals surface area contributed by atoms with Crippen molar-refractivity contribution in [2.75, 3.05) is 51.0 Å². The second-order valence-corrected chi connectivity index (χ2v) is 7.94. The Kier molecular flexibility index (Phi) is 6.88. The molecule has 3 aromatic rings. The number of carbonyl (C=O) groups excluding carboxylic acids is 1. The lowest BCUT2D eigenvalue weighted by Crippen LogP contribution is -2.37. The Bertz CT molecular complexity index is 1280. The van der Waals surface area contributed by atoms with Crippen molar-refractivity contribution in [3.63, 3.8) is 0 Å². The predicted molar refractivity (Wildman–Crippen MR) is 120 cm³/mol. The summed E-state index contributed by atoms with van der Waals surface area (Å²) in [6, 6.07) is 3.76. The molecule has 1 aromatic carbocycles. The van der Waals surface area contributed by atoms with Gasteiger partial charge in [0, 0.05) is 38.9 Å². The number of rotatable bonds is 5. The van der Waals surface area contributed by atoms with E-state index in [0.29, 0.717) is 32.4 Å². The van der Waals surface area contributed by atoms with Gasteiger partial charge in [0.05, 0.1) is 24.3 Å². The Morgan fingerprint density at radius 2 is 1.86 bits per heavy atom. The van der Waals surface area contributed by atoms with Crippen LogP contribution in [0, 0.1) is 5.82 Å². The molecule has 2 N–H and O–H groups in total. The minimum absolute atomic E-state index is 0.0167. The molecule has 1 aliphatic rings. The maximum atomic E-state index is 14.7. The Balaban J connectivity index is 1.78. The van der Waals surface area contributed by atoms with Gasteiger partial charge in [-0.2, -0.15) is 28.1 Å². The summed E-state index contributed by atoms with van der Waals surface area (Å²) in [5, 5.41) is 0. The smallest absolute Gasteiger partial charge is 0.417 e. The van der Waals surface area contributed by atoms with Crippen molar-refractivity contribution in [1.29, 1.82) is 0 Å². The molecule has 0 bridgehead atoms. The molecule has 1 aliphatic heterocycles. The highest BCUT2D eigenvalue weighted by Crippen LogP contribution is 2.37. The molecule has 2 aromatic heterocycles. The topological polar surface area (TPSA) is 120 Å². The Labute approximate surface area is 202 Å². The van der Waals surface area contributed by atoms with Gasteiger partial charge in [0.2, 0.25) is 5.95 Å². The first-order valence-corrected chi connectivity index (χ1v) is 10.6. The van der Waals surface area contributed by atoms with Gasteiger partial charge in [0.25, 0.3) is 5.91 Å². The van der Waals surface area contributed by atoms with Crippen molar-refractivity contribution in [2.24, 2.45) is 0 Å². The third-order valence-corrected chi connectivity index (χ3v) is 5.15.